The number of rotatable bonds is 0. The molecule has 0 aliphatic heterocycles. The van der Waals surface area contributed by atoms with Gasteiger partial charge in [-0.3, -0.25) is 4.79 Å². The van der Waals surface area contributed by atoms with E-state index in [4.69, 9.17) is 0 Å². The minimum atomic E-state index is 0.542. The van der Waals surface area contributed by atoms with Gasteiger partial charge in [0.15, 0.2) is 0 Å². The molecule has 0 aromatic carbocycles. The van der Waals surface area contributed by atoms with E-state index in [-0.39, 0.29) is 0 Å². The second-order valence-electron chi connectivity index (χ2n) is 3.84. The van der Waals surface area contributed by atoms with Gasteiger partial charge in [0, 0.05) is 12.3 Å². The van der Waals surface area contributed by atoms with Gasteiger partial charge in [-0.1, -0.05) is 0 Å². The third-order valence-electron chi connectivity index (χ3n) is 3.45. The zero-order valence-electron chi connectivity index (χ0n) is 5.34. The first kappa shape index (κ1) is 4.48. The summed E-state index contributed by atoms with van der Waals surface area (Å²) in [6, 6.07) is 0. The van der Waals surface area contributed by atoms with Gasteiger partial charge in [-0.05, 0) is 30.6 Å². The Morgan fingerprint density at radius 1 is 1.22 bits per heavy atom. The quantitative estimate of drug-likeness (QED) is 0.472. The largest absolute Gasteiger partial charge is 0.299 e. The highest BCUT2D eigenvalue weighted by Crippen LogP contribution is 2.64. The molecule has 0 unspecified atom stereocenters. The summed E-state index contributed by atoms with van der Waals surface area (Å²) in [4.78, 5) is 11.1. The second-order valence-corrected chi connectivity index (χ2v) is 3.84. The van der Waals surface area contributed by atoms with Crippen LogP contribution in [0.1, 0.15) is 19.3 Å². The smallest absolute Gasteiger partial charge is 0.136 e. The van der Waals surface area contributed by atoms with Crippen molar-refractivity contribution in [2.75, 3.05) is 0 Å². The lowest BCUT2D eigenvalue weighted by Crippen LogP contribution is -2.10. The first-order chi connectivity index (χ1) is 4.36. The van der Waals surface area contributed by atoms with Crippen molar-refractivity contribution in [3.05, 3.63) is 0 Å². The predicted molar refractivity (Wildman–Crippen MR) is 32.8 cm³/mol. The molecule has 3 saturated carbocycles. The first-order valence-corrected chi connectivity index (χ1v) is 3.89. The Morgan fingerprint density at radius 2 is 2.11 bits per heavy atom. The zero-order chi connectivity index (χ0) is 6.01. The fourth-order valence-corrected chi connectivity index (χ4v) is 2.93. The number of carbonyl (C=O) groups excluding carboxylic acids is 1. The SMILES string of the molecule is O=C1C[C@@H]2C[C@H]1[C@H]1C[C@@H]21. The van der Waals surface area contributed by atoms with E-state index in [9.17, 15) is 4.79 Å². The van der Waals surface area contributed by atoms with Crippen molar-refractivity contribution >= 4 is 5.78 Å². The summed E-state index contributed by atoms with van der Waals surface area (Å²) in [6.45, 7) is 0. The third kappa shape index (κ3) is 0.374. The second kappa shape index (κ2) is 1.09. The van der Waals surface area contributed by atoms with Crippen LogP contribution in [0.5, 0.6) is 0 Å². The van der Waals surface area contributed by atoms with E-state index < -0.39 is 0 Å². The summed E-state index contributed by atoms with van der Waals surface area (Å²) in [5.41, 5.74) is 0. The van der Waals surface area contributed by atoms with E-state index in [1.807, 2.05) is 0 Å². The normalized spacial score (nSPS) is 60.2. The molecule has 0 spiro atoms. The van der Waals surface area contributed by atoms with Crippen LogP contribution in [0.25, 0.3) is 0 Å². The van der Waals surface area contributed by atoms with Gasteiger partial charge in [-0.15, -0.1) is 0 Å². The van der Waals surface area contributed by atoms with E-state index in [2.05, 4.69) is 0 Å². The van der Waals surface area contributed by atoms with Crippen molar-refractivity contribution in [1.29, 1.82) is 0 Å². The number of hydrogen-bond acceptors (Lipinski definition) is 1. The van der Waals surface area contributed by atoms with Crippen LogP contribution in [0.4, 0.5) is 0 Å². The number of carbonyl (C=O) groups is 1. The van der Waals surface area contributed by atoms with Gasteiger partial charge in [0.05, 0.1) is 0 Å². The molecule has 3 rings (SSSR count). The molecule has 3 aliphatic rings. The molecule has 0 saturated heterocycles. The topological polar surface area (TPSA) is 17.1 Å². The predicted octanol–water partition coefficient (Wildman–Crippen LogP) is 1.23. The number of Topliss-reactive ketones (excluding diaryl/α,β-unsaturated/α-hetero) is 1. The summed E-state index contributed by atoms with van der Waals surface area (Å²) < 4.78 is 0. The van der Waals surface area contributed by atoms with Gasteiger partial charge in [0.1, 0.15) is 5.78 Å². The monoisotopic (exact) mass is 122 g/mol. The molecule has 4 atom stereocenters. The van der Waals surface area contributed by atoms with Crippen LogP contribution in [0.2, 0.25) is 0 Å². The fraction of sp³-hybridized carbons (Fsp3) is 0.875. The average molecular weight is 122 g/mol. The van der Waals surface area contributed by atoms with Gasteiger partial charge in [-0.25, -0.2) is 0 Å². The summed E-state index contributed by atoms with van der Waals surface area (Å²) in [5, 5.41) is 0. The molecule has 0 heterocycles. The van der Waals surface area contributed by atoms with Crippen molar-refractivity contribution in [2.45, 2.75) is 19.3 Å². The maximum absolute atomic E-state index is 11.1. The molecule has 0 amide bonds. The number of fused-ring (bicyclic) bond motifs is 5. The summed E-state index contributed by atoms with van der Waals surface area (Å²) in [5.74, 6) is 3.84. The van der Waals surface area contributed by atoms with E-state index in [0.717, 1.165) is 24.2 Å². The first-order valence-electron chi connectivity index (χ1n) is 3.89. The van der Waals surface area contributed by atoms with Crippen molar-refractivity contribution in [2.24, 2.45) is 23.7 Å². The minimum Gasteiger partial charge on any atom is -0.299 e. The molecular formula is C8H10O. The Kier molecular flexibility index (Phi) is 0.544. The molecule has 3 aliphatic carbocycles. The van der Waals surface area contributed by atoms with Gasteiger partial charge in [0.2, 0.25) is 0 Å². The van der Waals surface area contributed by atoms with Crippen LogP contribution in [-0.4, -0.2) is 5.78 Å². The van der Waals surface area contributed by atoms with Crippen molar-refractivity contribution in [1.82, 2.24) is 0 Å². The Labute approximate surface area is 54.4 Å². The molecule has 2 bridgehead atoms. The molecule has 0 radical (unpaired) electrons. The summed E-state index contributed by atoms with van der Waals surface area (Å²) in [6.07, 6.45) is 3.58. The molecule has 3 fully saturated rings. The number of hydrogen-bond donors (Lipinski definition) is 0. The van der Waals surface area contributed by atoms with Crippen molar-refractivity contribution < 1.29 is 4.79 Å². The molecule has 1 heteroatoms. The average Bonchev–Trinajstić information content (AvgIpc) is 2.46. The highest BCUT2D eigenvalue weighted by Gasteiger charge is 2.60. The van der Waals surface area contributed by atoms with E-state index in [1.165, 1.54) is 12.8 Å². The van der Waals surface area contributed by atoms with Gasteiger partial charge in [0.25, 0.3) is 0 Å². The molecule has 9 heavy (non-hydrogen) atoms. The fourth-order valence-electron chi connectivity index (χ4n) is 2.93. The van der Waals surface area contributed by atoms with Crippen LogP contribution < -0.4 is 0 Å². The van der Waals surface area contributed by atoms with Gasteiger partial charge in [-0.2, -0.15) is 0 Å². The van der Waals surface area contributed by atoms with Crippen LogP contribution in [0, 0.1) is 23.7 Å². The maximum atomic E-state index is 11.1. The molecule has 0 aromatic heterocycles. The lowest BCUT2D eigenvalue weighted by atomic mass is 10.00. The Morgan fingerprint density at radius 3 is 2.67 bits per heavy atom. The minimum absolute atomic E-state index is 0.542. The molecular weight excluding hydrogens is 112 g/mol. The van der Waals surface area contributed by atoms with Gasteiger partial charge >= 0.3 is 0 Å². The molecule has 48 valence electrons. The Bertz CT molecular complexity index is 185. The van der Waals surface area contributed by atoms with E-state index in [0.29, 0.717) is 11.7 Å². The maximum Gasteiger partial charge on any atom is 0.136 e. The lowest BCUT2D eigenvalue weighted by molar-refractivity contribution is -0.122. The third-order valence-corrected chi connectivity index (χ3v) is 3.45. The van der Waals surface area contributed by atoms with Crippen molar-refractivity contribution in [3.63, 3.8) is 0 Å². The van der Waals surface area contributed by atoms with Crippen LogP contribution in [0.15, 0.2) is 0 Å². The summed E-state index contributed by atoms with van der Waals surface area (Å²) >= 11 is 0. The van der Waals surface area contributed by atoms with Crippen molar-refractivity contribution in [3.8, 4) is 0 Å². The zero-order valence-corrected chi connectivity index (χ0v) is 5.34. The van der Waals surface area contributed by atoms with Crippen LogP contribution in [-0.2, 0) is 4.79 Å². The summed E-state index contributed by atoms with van der Waals surface area (Å²) in [7, 11) is 0. The van der Waals surface area contributed by atoms with Crippen LogP contribution in [0.3, 0.4) is 0 Å². The van der Waals surface area contributed by atoms with Crippen LogP contribution >= 0.6 is 0 Å². The van der Waals surface area contributed by atoms with E-state index >= 15 is 0 Å². The highest BCUT2D eigenvalue weighted by atomic mass is 16.1. The van der Waals surface area contributed by atoms with E-state index in [1.54, 1.807) is 0 Å². The Hall–Kier alpha value is -0.330. The Balaban J connectivity index is 2.04. The number of ketones is 1. The highest BCUT2D eigenvalue weighted by molar-refractivity contribution is 5.85. The lowest BCUT2D eigenvalue weighted by Gasteiger charge is -2.04. The molecule has 0 N–H and O–H groups in total. The molecule has 1 nitrogen and oxygen atoms in total. The standard InChI is InChI=1S/C8H10O/c9-8-2-4-1-7(8)6-3-5(4)6/h4-7H,1-3H2/t4-,5-,6-,7-/m0/s1. The molecule has 0 aromatic rings. The van der Waals surface area contributed by atoms with Gasteiger partial charge < -0.3 is 0 Å².